The molecular weight excluding hydrogens is 466 g/mol. The molecule has 2 N–H and O–H groups in total. The Morgan fingerprint density at radius 1 is 1.03 bits per heavy atom. The number of piperidine rings is 2. The van der Waals surface area contributed by atoms with Gasteiger partial charge in [-0.1, -0.05) is 74.5 Å². The molecule has 198 valence electrons. The van der Waals surface area contributed by atoms with Crippen molar-refractivity contribution in [2.24, 2.45) is 28.4 Å². The molecule has 3 amide bonds. The predicted molar refractivity (Wildman–Crippen MR) is 142 cm³/mol. The molecule has 2 saturated heterocycles. The number of primary amides is 1. The molecule has 3 unspecified atom stereocenters. The minimum Gasteiger partial charge on any atom is -0.376 e. The molecule has 3 atom stereocenters. The van der Waals surface area contributed by atoms with Crippen LogP contribution in [-0.4, -0.2) is 60.8 Å². The third kappa shape index (κ3) is 5.57. The number of hydrogen-bond donors (Lipinski definition) is 1. The monoisotopic (exact) mass is 505 g/mol. The van der Waals surface area contributed by atoms with Crippen LogP contribution in [0.4, 0.5) is 0 Å². The van der Waals surface area contributed by atoms with E-state index in [0.717, 1.165) is 30.5 Å². The number of rotatable bonds is 9. The molecule has 37 heavy (non-hydrogen) atoms. The summed E-state index contributed by atoms with van der Waals surface area (Å²) in [4.78, 5) is 43.9. The average molecular weight is 506 g/mol. The van der Waals surface area contributed by atoms with Crippen molar-refractivity contribution in [3.8, 4) is 0 Å². The van der Waals surface area contributed by atoms with Crippen molar-refractivity contribution in [2.75, 3.05) is 33.3 Å². The lowest BCUT2D eigenvalue weighted by Crippen LogP contribution is -2.63. The Morgan fingerprint density at radius 2 is 1.62 bits per heavy atom. The third-order valence-corrected chi connectivity index (χ3v) is 8.46. The van der Waals surface area contributed by atoms with Gasteiger partial charge in [0.15, 0.2) is 0 Å². The van der Waals surface area contributed by atoms with Crippen molar-refractivity contribution in [3.05, 3.63) is 71.8 Å². The molecule has 2 aromatic carbocycles. The van der Waals surface area contributed by atoms with Crippen LogP contribution in [0.3, 0.4) is 0 Å². The minimum absolute atomic E-state index is 0.0726. The fraction of sp³-hybridized carbons (Fsp3) is 0.500. The van der Waals surface area contributed by atoms with Crippen LogP contribution in [0.5, 0.6) is 0 Å². The van der Waals surface area contributed by atoms with Crippen molar-refractivity contribution >= 4 is 17.7 Å². The number of hydrogen-bond acceptors (Lipinski definition) is 4. The van der Waals surface area contributed by atoms with Crippen LogP contribution < -0.4 is 5.73 Å². The standard InChI is InChI=1S/C30H39N3O4/c1-29(2,27(31)35)25(20-37-19-23-12-8-5-9-13-23)26(34)33-17-15-24-14-16-32(3)28(36)30(24,21-33)18-22-10-6-4-7-11-22/h4-13,24-25H,14-21H2,1-3H3,(H2,31,35). The summed E-state index contributed by atoms with van der Waals surface area (Å²) in [6.45, 7) is 5.44. The zero-order valence-electron chi connectivity index (χ0n) is 22.2. The van der Waals surface area contributed by atoms with E-state index in [9.17, 15) is 14.4 Å². The van der Waals surface area contributed by atoms with Gasteiger partial charge in [0.05, 0.1) is 30.0 Å². The molecule has 7 heteroatoms. The van der Waals surface area contributed by atoms with Gasteiger partial charge in [0.2, 0.25) is 17.7 Å². The number of likely N-dealkylation sites (tertiary alicyclic amines) is 2. The highest BCUT2D eigenvalue weighted by Gasteiger charge is 2.54. The first kappa shape index (κ1) is 26.9. The number of nitrogens with zero attached hydrogens (tertiary/aromatic N) is 2. The van der Waals surface area contributed by atoms with Crippen molar-refractivity contribution < 1.29 is 19.1 Å². The fourth-order valence-corrected chi connectivity index (χ4v) is 5.90. The van der Waals surface area contributed by atoms with E-state index in [1.807, 2.05) is 67.7 Å². The molecule has 4 rings (SSSR count). The highest BCUT2D eigenvalue weighted by atomic mass is 16.5. The highest BCUT2D eigenvalue weighted by molar-refractivity contribution is 5.90. The molecule has 0 aliphatic carbocycles. The summed E-state index contributed by atoms with van der Waals surface area (Å²) in [6, 6.07) is 19.8. The zero-order valence-corrected chi connectivity index (χ0v) is 22.2. The second-order valence-corrected chi connectivity index (χ2v) is 11.2. The summed E-state index contributed by atoms with van der Waals surface area (Å²) in [5, 5.41) is 0. The van der Waals surface area contributed by atoms with E-state index in [-0.39, 0.29) is 24.3 Å². The van der Waals surface area contributed by atoms with Crippen LogP contribution in [0.2, 0.25) is 0 Å². The van der Waals surface area contributed by atoms with E-state index >= 15 is 0 Å². The van der Waals surface area contributed by atoms with Gasteiger partial charge in [-0.3, -0.25) is 14.4 Å². The quantitative estimate of drug-likeness (QED) is 0.566. The van der Waals surface area contributed by atoms with E-state index in [0.29, 0.717) is 26.1 Å². The van der Waals surface area contributed by atoms with Gasteiger partial charge in [-0.25, -0.2) is 0 Å². The molecular formula is C30H39N3O4. The minimum atomic E-state index is -1.11. The van der Waals surface area contributed by atoms with E-state index in [4.69, 9.17) is 10.5 Å². The number of fused-ring (bicyclic) bond motifs is 1. The summed E-state index contributed by atoms with van der Waals surface area (Å²) in [5.41, 5.74) is 6.06. The van der Waals surface area contributed by atoms with Crippen LogP contribution in [0, 0.1) is 22.7 Å². The maximum Gasteiger partial charge on any atom is 0.230 e. The van der Waals surface area contributed by atoms with Gasteiger partial charge in [-0.05, 0) is 36.3 Å². The molecule has 2 fully saturated rings. The molecule has 0 bridgehead atoms. The van der Waals surface area contributed by atoms with Gasteiger partial charge in [-0.2, -0.15) is 0 Å². The predicted octanol–water partition coefficient (Wildman–Crippen LogP) is 3.27. The first-order chi connectivity index (χ1) is 17.6. The number of nitrogens with two attached hydrogens (primary N) is 1. The number of benzene rings is 2. The topological polar surface area (TPSA) is 92.9 Å². The van der Waals surface area contributed by atoms with E-state index in [2.05, 4.69) is 0 Å². The Hall–Kier alpha value is -3.19. The number of ether oxygens (including phenoxy) is 1. The zero-order chi connectivity index (χ0) is 26.6. The van der Waals surface area contributed by atoms with E-state index in [1.165, 1.54) is 0 Å². The molecule has 0 radical (unpaired) electrons. The lowest BCUT2D eigenvalue weighted by Gasteiger charge is -2.52. The number of carbonyl (C=O) groups excluding carboxylic acids is 3. The normalized spacial score (nSPS) is 22.9. The van der Waals surface area contributed by atoms with Crippen molar-refractivity contribution in [1.82, 2.24) is 9.80 Å². The molecule has 7 nitrogen and oxygen atoms in total. The first-order valence-corrected chi connectivity index (χ1v) is 13.1. The molecule has 2 heterocycles. The summed E-state index contributed by atoms with van der Waals surface area (Å²) < 4.78 is 5.97. The smallest absolute Gasteiger partial charge is 0.230 e. The van der Waals surface area contributed by atoms with Gasteiger partial charge in [0.1, 0.15) is 0 Å². The maximum absolute atomic E-state index is 14.1. The third-order valence-electron chi connectivity index (χ3n) is 8.46. The maximum atomic E-state index is 14.1. The van der Waals surface area contributed by atoms with Gasteiger partial charge >= 0.3 is 0 Å². The number of amides is 3. The van der Waals surface area contributed by atoms with E-state index < -0.39 is 22.7 Å². The second kappa shape index (κ2) is 11.1. The van der Waals surface area contributed by atoms with Gasteiger partial charge < -0.3 is 20.3 Å². The fourth-order valence-electron chi connectivity index (χ4n) is 5.90. The van der Waals surface area contributed by atoms with Crippen LogP contribution in [-0.2, 0) is 32.1 Å². The second-order valence-electron chi connectivity index (χ2n) is 11.2. The molecule has 2 aliphatic rings. The Labute approximate surface area is 220 Å². The first-order valence-electron chi connectivity index (χ1n) is 13.1. The summed E-state index contributed by atoms with van der Waals surface area (Å²) in [7, 11) is 1.85. The lowest BCUT2D eigenvalue weighted by atomic mass is 9.63. The average Bonchev–Trinajstić information content (AvgIpc) is 2.89. The van der Waals surface area contributed by atoms with Crippen LogP contribution >= 0.6 is 0 Å². The van der Waals surface area contributed by atoms with Crippen molar-refractivity contribution in [2.45, 2.75) is 39.7 Å². The Bertz CT molecular complexity index is 1100. The Morgan fingerprint density at radius 3 is 2.24 bits per heavy atom. The SMILES string of the molecule is CN1CCC2CCN(C(=O)C(COCc3ccccc3)C(C)(C)C(N)=O)CC2(Cc2ccccc2)C1=O. The van der Waals surface area contributed by atoms with Gasteiger partial charge in [-0.15, -0.1) is 0 Å². The van der Waals surface area contributed by atoms with E-state index in [1.54, 1.807) is 23.6 Å². The van der Waals surface area contributed by atoms with Gasteiger partial charge in [0, 0.05) is 26.7 Å². The molecule has 0 spiro atoms. The molecule has 0 aromatic heterocycles. The largest absolute Gasteiger partial charge is 0.376 e. The highest BCUT2D eigenvalue weighted by Crippen LogP contribution is 2.45. The van der Waals surface area contributed by atoms with Crippen LogP contribution in [0.25, 0.3) is 0 Å². The van der Waals surface area contributed by atoms with Crippen molar-refractivity contribution in [3.63, 3.8) is 0 Å². The molecule has 2 aromatic rings. The summed E-state index contributed by atoms with van der Waals surface area (Å²) in [6.07, 6.45) is 2.26. The summed E-state index contributed by atoms with van der Waals surface area (Å²) >= 11 is 0. The van der Waals surface area contributed by atoms with Gasteiger partial charge in [0.25, 0.3) is 0 Å². The molecule has 2 aliphatic heterocycles. The van der Waals surface area contributed by atoms with Crippen molar-refractivity contribution in [1.29, 1.82) is 0 Å². The Balaban J connectivity index is 1.59. The van der Waals surface area contributed by atoms with Crippen LogP contribution in [0.1, 0.15) is 37.8 Å². The molecule has 0 saturated carbocycles. The van der Waals surface area contributed by atoms with Crippen LogP contribution in [0.15, 0.2) is 60.7 Å². The lowest BCUT2D eigenvalue weighted by molar-refractivity contribution is -0.163. The number of carbonyl (C=O) groups is 3. The Kier molecular flexibility index (Phi) is 8.02. The summed E-state index contributed by atoms with van der Waals surface area (Å²) in [5.74, 6) is -1.18.